The van der Waals surface area contributed by atoms with Gasteiger partial charge in [0, 0.05) is 17.1 Å². The second-order valence-corrected chi connectivity index (χ2v) is 7.41. The summed E-state index contributed by atoms with van der Waals surface area (Å²) >= 11 is 3.26. The van der Waals surface area contributed by atoms with E-state index in [-0.39, 0.29) is 22.5 Å². The van der Waals surface area contributed by atoms with Crippen molar-refractivity contribution >= 4 is 31.6 Å². The van der Waals surface area contributed by atoms with Crippen LogP contribution >= 0.6 is 15.9 Å². The van der Waals surface area contributed by atoms with Gasteiger partial charge in [-0.15, -0.1) is 0 Å². The first kappa shape index (κ1) is 17.4. The number of nitrogen functional groups attached to an aromatic ring is 1. The van der Waals surface area contributed by atoms with E-state index in [0.717, 1.165) is 4.47 Å². The van der Waals surface area contributed by atoms with Gasteiger partial charge in [0.1, 0.15) is 4.90 Å². The molecular weight excluding hydrogens is 344 g/mol. The standard InChI is InChI=1S/C13H21BrN2O3S/c1-4-19-8-12(9(2)3)16-20(17,18)13-6-5-10(14)7-11(13)15/h5-7,9,12,16H,4,8,15H2,1-3H3. The topological polar surface area (TPSA) is 81.4 Å². The third-order valence-corrected chi connectivity index (χ3v) is 4.93. The number of rotatable bonds is 7. The molecule has 0 bridgehead atoms. The fourth-order valence-corrected chi connectivity index (χ4v) is 3.50. The highest BCUT2D eigenvalue weighted by atomic mass is 79.9. The number of hydrogen-bond acceptors (Lipinski definition) is 4. The summed E-state index contributed by atoms with van der Waals surface area (Å²) in [5.41, 5.74) is 5.99. The Kier molecular flexibility index (Phi) is 6.44. The Hall–Kier alpha value is -0.630. The molecule has 1 aromatic carbocycles. The third-order valence-electron chi connectivity index (χ3n) is 2.87. The van der Waals surface area contributed by atoms with E-state index in [4.69, 9.17) is 10.5 Å². The number of nitrogens with one attached hydrogen (secondary N) is 1. The fourth-order valence-electron chi connectivity index (χ4n) is 1.63. The van der Waals surface area contributed by atoms with E-state index in [0.29, 0.717) is 13.2 Å². The van der Waals surface area contributed by atoms with Crippen molar-refractivity contribution in [1.82, 2.24) is 4.72 Å². The molecule has 0 saturated carbocycles. The molecule has 3 N–H and O–H groups in total. The van der Waals surface area contributed by atoms with Gasteiger partial charge in [-0.25, -0.2) is 13.1 Å². The van der Waals surface area contributed by atoms with Gasteiger partial charge in [-0.1, -0.05) is 29.8 Å². The van der Waals surface area contributed by atoms with E-state index in [2.05, 4.69) is 20.7 Å². The maximum absolute atomic E-state index is 12.4. The third kappa shape index (κ3) is 4.73. The lowest BCUT2D eigenvalue weighted by Crippen LogP contribution is -2.42. The highest BCUT2D eigenvalue weighted by Gasteiger charge is 2.24. The lowest BCUT2D eigenvalue weighted by molar-refractivity contribution is 0.116. The molecule has 7 heteroatoms. The van der Waals surface area contributed by atoms with Crippen LogP contribution < -0.4 is 10.5 Å². The zero-order valence-electron chi connectivity index (χ0n) is 11.9. The average Bonchev–Trinajstić information content (AvgIpc) is 2.33. The van der Waals surface area contributed by atoms with Gasteiger partial charge >= 0.3 is 0 Å². The Morgan fingerprint density at radius 1 is 1.40 bits per heavy atom. The van der Waals surface area contributed by atoms with Crippen LogP contribution in [0, 0.1) is 5.92 Å². The summed E-state index contributed by atoms with van der Waals surface area (Å²) in [7, 11) is -3.66. The van der Waals surface area contributed by atoms with Crippen molar-refractivity contribution in [3.8, 4) is 0 Å². The molecule has 1 aromatic rings. The predicted molar refractivity (Wildman–Crippen MR) is 84.0 cm³/mol. The maximum atomic E-state index is 12.4. The average molecular weight is 365 g/mol. The number of nitrogens with two attached hydrogens (primary N) is 1. The van der Waals surface area contributed by atoms with Crippen molar-refractivity contribution < 1.29 is 13.2 Å². The van der Waals surface area contributed by atoms with Crippen molar-refractivity contribution in [2.24, 2.45) is 5.92 Å². The van der Waals surface area contributed by atoms with Gasteiger partial charge in [-0.05, 0) is 31.0 Å². The van der Waals surface area contributed by atoms with E-state index >= 15 is 0 Å². The summed E-state index contributed by atoms with van der Waals surface area (Å²) in [6.07, 6.45) is 0. The van der Waals surface area contributed by atoms with Crippen LogP contribution in [-0.2, 0) is 14.8 Å². The van der Waals surface area contributed by atoms with Crippen LogP contribution in [0.4, 0.5) is 5.69 Å². The number of anilines is 1. The molecule has 5 nitrogen and oxygen atoms in total. The minimum absolute atomic E-state index is 0.0860. The lowest BCUT2D eigenvalue weighted by Gasteiger charge is -2.22. The van der Waals surface area contributed by atoms with Crippen molar-refractivity contribution in [2.75, 3.05) is 18.9 Å². The summed E-state index contributed by atoms with van der Waals surface area (Å²) in [5, 5.41) is 0. The van der Waals surface area contributed by atoms with Gasteiger partial charge in [-0.2, -0.15) is 0 Å². The van der Waals surface area contributed by atoms with Crippen LogP contribution in [0.3, 0.4) is 0 Å². The molecule has 1 atom stereocenters. The van der Waals surface area contributed by atoms with Crippen LogP contribution in [-0.4, -0.2) is 27.7 Å². The molecule has 0 aliphatic rings. The van der Waals surface area contributed by atoms with E-state index in [1.54, 1.807) is 12.1 Å². The SMILES string of the molecule is CCOCC(NS(=O)(=O)c1ccc(Br)cc1N)C(C)C. The van der Waals surface area contributed by atoms with Gasteiger partial charge in [0.15, 0.2) is 0 Å². The molecule has 0 fully saturated rings. The van der Waals surface area contributed by atoms with Crippen molar-refractivity contribution in [3.63, 3.8) is 0 Å². The van der Waals surface area contributed by atoms with Crippen LogP contribution in [0.1, 0.15) is 20.8 Å². The van der Waals surface area contributed by atoms with E-state index in [1.165, 1.54) is 6.07 Å². The summed E-state index contributed by atoms with van der Waals surface area (Å²) in [5.74, 6) is 0.119. The van der Waals surface area contributed by atoms with E-state index in [9.17, 15) is 8.42 Å². The molecule has 1 rings (SSSR count). The number of hydrogen-bond donors (Lipinski definition) is 2. The quantitative estimate of drug-likeness (QED) is 0.727. The molecule has 0 heterocycles. The van der Waals surface area contributed by atoms with Gasteiger partial charge in [0.2, 0.25) is 10.0 Å². The van der Waals surface area contributed by atoms with Gasteiger partial charge < -0.3 is 10.5 Å². The molecule has 0 aromatic heterocycles. The Morgan fingerprint density at radius 3 is 2.55 bits per heavy atom. The molecule has 114 valence electrons. The first-order chi connectivity index (χ1) is 9.27. The summed E-state index contributed by atoms with van der Waals surface area (Å²) < 4.78 is 33.5. The Balaban J connectivity index is 2.97. The number of ether oxygens (including phenoxy) is 1. The molecule has 0 spiro atoms. The molecular formula is C13H21BrN2O3S. The molecule has 0 amide bonds. The van der Waals surface area contributed by atoms with E-state index < -0.39 is 10.0 Å². The van der Waals surface area contributed by atoms with Crippen LogP contribution in [0.2, 0.25) is 0 Å². The van der Waals surface area contributed by atoms with Crippen molar-refractivity contribution in [3.05, 3.63) is 22.7 Å². The minimum atomic E-state index is -3.66. The second-order valence-electron chi connectivity index (χ2n) is 4.81. The first-order valence-electron chi connectivity index (χ1n) is 6.43. The summed E-state index contributed by atoms with van der Waals surface area (Å²) in [6, 6.07) is 4.42. The normalized spacial score (nSPS) is 13.7. The molecule has 0 radical (unpaired) electrons. The largest absolute Gasteiger partial charge is 0.398 e. The summed E-state index contributed by atoms with van der Waals surface area (Å²) in [6.45, 7) is 6.64. The summed E-state index contributed by atoms with van der Waals surface area (Å²) in [4.78, 5) is 0.0860. The monoisotopic (exact) mass is 364 g/mol. The zero-order valence-corrected chi connectivity index (χ0v) is 14.3. The molecule has 0 saturated heterocycles. The fraction of sp³-hybridized carbons (Fsp3) is 0.538. The van der Waals surface area contributed by atoms with Crippen LogP contribution in [0.15, 0.2) is 27.6 Å². The maximum Gasteiger partial charge on any atom is 0.242 e. The second kappa shape index (κ2) is 7.40. The Morgan fingerprint density at radius 2 is 2.05 bits per heavy atom. The van der Waals surface area contributed by atoms with Gasteiger partial charge in [-0.3, -0.25) is 0 Å². The minimum Gasteiger partial charge on any atom is -0.398 e. The van der Waals surface area contributed by atoms with Crippen LogP contribution in [0.25, 0.3) is 0 Å². The molecule has 0 aliphatic carbocycles. The predicted octanol–water partition coefficient (Wildman–Crippen LogP) is 2.37. The smallest absolute Gasteiger partial charge is 0.242 e. The first-order valence-corrected chi connectivity index (χ1v) is 8.70. The molecule has 0 aliphatic heterocycles. The van der Waals surface area contributed by atoms with Crippen molar-refractivity contribution in [1.29, 1.82) is 0 Å². The Bertz CT molecular complexity index is 547. The number of benzene rings is 1. The zero-order chi connectivity index (χ0) is 15.3. The van der Waals surface area contributed by atoms with Gasteiger partial charge in [0.25, 0.3) is 0 Å². The van der Waals surface area contributed by atoms with Gasteiger partial charge in [0.05, 0.1) is 12.3 Å². The van der Waals surface area contributed by atoms with Crippen molar-refractivity contribution in [2.45, 2.75) is 31.7 Å². The van der Waals surface area contributed by atoms with Crippen LogP contribution in [0.5, 0.6) is 0 Å². The molecule has 1 unspecified atom stereocenters. The lowest BCUT2D eigenvalue weighted by atomic mass is 10.1. The highest BCUT2D eigenvalue weighted by molar-refractivity contribution is 9.10. The molecule has 20 heavy (non-hydrogen) atoms. The Labute approximate surface area is 129 Å². The number of halogens is 1. The number of sulfonamides is 1. The van der Waals surface area contributed by atoms with E-state index in [1.807, 2.05) is 20.8 Å². The highest BCUT2D eigenvalue weighted by Crippen LogP contribution is 2.23.